The number of sulfonamides is 1. The molecule has 1 aromatic rings. The second kappa shape index (κ2) is 5.86. The van der Waals surface area contributed by atoms with E-state index in [2.05, 4.69) is 9.46 Å². The standard InChI is InChI=1S/C12H16FNO5S/c1-12(2,7-15)14-20(17,18)10-6-8(13)4-5-9(10)11(16)19-3/h4-6,14-15H,7H2,1-3H3. The molecule has 0 fully saturated rings. The number of halogens is 1. The lowest BCUT2D eigenvalue weighted by atomic mass is 10.1. The second-order valence-electron chi connectivity index (χ2n) is 4.78. The molecule has 0 spiro atoms. The van der Waals surface area contributed by atoms with E-state index in [0.717, 1.165) is 25.3 Å². The van der Waals surface area contributed by atoms with E-state index in [9.17, 15) is 17.6 Å². The summed E-state index contributed by atoms with van der Waals surface area (Å²) in [6, 6.07) is 2.71. The van der Waals surface area contributed by atoms with E-state index < -0.39 is 38.9 Å². The Bertz CT molecular complexity index is 612. The predicted molar refractivity (Wildman–Crippen MR) is 69.2 cm³/mol. The maximum absolute atomic E-state index is 13.3. The van der Waals surface area contributed by atoms with Gasteiger partial charge in [0.1, 0.15) is 5.82 Å². The molecular weight excluding hydrogens is 289 g/mol. The Morgan fingerprint density at radius 3 is 2.55 bits per heavy atom. The van der Waals surface area contributed by atoms with Gasteiger partial charge in [0.05, 0.1) is 29.7 Å². The third-order valence-electron chi connectivity index (χ3n) is 2.44. The van der Waals surface area contributed by atoms with Crippen molar-refractivity contribution in [2.75, 3.05) is 13.7 Å². The largest absolute Gasteiger partial charge is 0.465 e. The van der Waals surface area contributed by atoms with Crippen LogP contribution in [0.1, 0.15) is 24.2 Å². The molecule has 8 heteroatoms. The van der Waals surface area contributed by atoms with Crippen LogP contribution >= 0.6 is 0 Å². The highest BCUT2D eigenvalue weighted by atomic mass is 32.2. The Hall–Kier alpha value is -1.51. The first kappa shape index (κ1) is 16.5. The van der Waals surface area contributed by atoms with Crippen LogP contribution in [-0.4, -0.2) is 38.7 Å². The maximum atomic E-state index is 13.3. The van der Waals surface area contributed by atoms with Crippen LogP contribution in [0.15, 0.2) is 23.1 Å². The summed E-state index contributed by atoms with van der Waals surface area (Å²) in [5.41, 5.74) is -1.44. The highest BCUT2D eigenvalue weighted by molar-refractivity contribution is 7.89. The number of nitrogens with one attached hydrogen (secondary N) is 1. The molecular formula is C12H16FNO5S. The summed E-state index contributed by atoms with van der Waals surface area (Å²) in [6.07, 6.45) is 0. The molecule has 6 nitrogen and oxygen atoms in total. The average molecular weight is 305 g/mol. The summed E-state index contributed by atoms with van der Waals surface area (Å²) in [5, 5.41) is 9.09. The molecule has 0 saturated carbocycles. The Morgan fingerprint density at radius 2 is 2.05 bits per heavy atom. The number of carbonyl (C=O) groups is 1. The van der Waals surface area contributed by atoms with Crippen molar-refractivity contribution in [1.82, 2.24) is 4.72 Å². The van der Waals surface area contributed by atoms with Crippen molar-refractivity contribution in [3.63, 3.8) is 0 Å². The predicted octanol–water partition coefficient (Wildman–Crippen LogP) is 0.661. The number of benzene rings is 1. The summed E-state index contributed by atoms with van der Waals surface area (Å²) < 4.78 is 44.3. The molecule has 2 N–H and O–H groups in total. The third kappa shape index (κ3) is 3.75. The number of esters is 1. The molecule has 0 heterocycles. The van der Waals surface area contributed by atoms with Crippen molar-refractivity contribution in [1.29, 1.82) is 0 Å². The fraction of sp³-hybridized carbons (Fsp3) is 0.417. The molecule has 0 aliphatic carbocycles. The first-order valence-electron chi connectivity index (χ1n) is 5.65. The smallest absolute Gasteiger partial charge is 0.339 e. The van der Waals surface area contributed by atoms with Gasteiger partial charge < -0.3 is 9.84 Å². The highest BCUT2D eigenvalue weighted by Crippen LogP contribution is 2.20. The molecule has 1 rings (SSSR count). The number of rotatable bonds is 5. The van der Waals surface area contributed by atoms with Gasteiger partial charge in [0.25, 0.3) is 0 Å². The van der Waals surface area contributed by atoms with Gasteiger partial charge in [-0.3, -0.25) is 0 Å². The minimum absolute atomic E-state index is 0.282. The van der Waals surface area contributed by atoms with Gasteiger partial charge in [-0.15, -0.1) is 0 Å². The number of hydrogen-bond donors (Lipinski definition) is 2. The molecule has 0 aromatic heterocycles. The Balaban J connectivity index is 3.37. The van der Waals surface area contributed by atoms with Gasteiger partial charge in [-0.2, -0.15) is 0 Å². The van der Waals surface area contributed by atoms with Gasteiger partial charge >= 0.3 is 5.97 Å². The van der Waals surface area contributed by atoms with Crippen LogP contribution in [0.4, 0.5) is 4.39 Å². The topological polar surface area (TPSA) is 92.7 Å². The van der Waals surface area contributed by atoms with E-state index in [1.54, 1.807) is 0 Å². The Kier molecular flexibility index (Phi) is 4.85. The van der Waals surface area contributed by atoms with E-state index in [0.29, 0.717) is 0 Å². The van der Waals surface area contributed by atoms with Crippen LogP contribution in [-0.2, 0) is 14.8 Å². The van der Waals surface area contributed by atoms with Gasteiger partial charge in [-0.25, -0.2) is 22.3 Å². The zero-order chi connectivity index (χ0) is 15.6. The molecule has 0 aliphatic rings. The first-order valence-corrected chi connectivity index (χ1v) is 7.14. The van der Waals surface area contributed by atoms with E-state index in [4.69, 9.17) is 5.11 Å². The van der Waals surface area contributed by atoms with Crippen LogP contribution in [0, 0.1) is 5.82 Å². The normalized spacial score (nSPS) is 12.2. The van der Waals surface area contributed by atoms with Gasteiger partial charge in [0.2, 0.25) is 10.0 Å². The third-order valence-corrected chi connectivity index (χ3v) is 4.18. The molecule has 0 aliphatic heterocycles. The zero-order valence-corrected chi connectivity index (χ0v) is 12.1. The summed E-state index contributed by atoms with van der Waals surface area (Å²) in [6.45, 7) is 2.43. The number of carbonyl (C=O) groups excluding carboxylic acids is 1. The lowest BCUT2D eigenvalue weighted by Crippen LogP contribution is -2.46. The molecule has 0 saturated heterocycles. The van der Waals surface area contributed by atoms with Gasteiger partial charge in [-0.05, 0) is 32.0 Å². The second-order valence-corrected chi connectivity index (χ2v) is 6.43. The van der Waals surface area contributed by atoms with E-state index in [-0.39, 0.29) is 5.56 Å². The van der Waals surface area contributed by atoms with E-state index in [1.807, 2.05) is 0 Å². The quantitative estimate of drug-likeness (QED) is 0.780. The molecule has 1 aromatic carbocycles. The monoisotopic (exact) mass is 305 g/mol. The van der Waals surface area contributed by atoms with Crippen molar-refractivity contribution in [3.8, 4) is 0 Å². The molecule has 20 heavy (non-hydrogen) atoms. The molecule has 0 unspecified atom stereocenters. The number of methoxy groups -OCH3 is 1. The summed E-state index contributed by atoms with van der Waals surface area (Å²) in [4.78, 5) is 11.0. The van der Waals surface area contributed by atoms with Crippen LogP contribution < -0.4 is 4.72 Å². The van der Waals surface area contributed by atoms with Crippen molar-refractivity contribution in [2.24, 2.45) is 0 Å². The van der Waals surface area contributed by atoms with Crippen LogP contribution in [0.25, 0.3) is 0 Å². The number of ether oxygens (including phenoxy) is 1. The van der Waals surface area contributed by atoms with Gasteiger partial charge in [0, 0.05) is 0 Å². The minimum atomic E-state index is -4.19. The summed E-state index contributed by atoms with van der Waals surface area (Å²) in [5.74, 6) is -1.70. The maximum Gasteiger partial charge on any atom is 0.339 e. The molecule has 112 valence electrons. The number of aliphatic hydroxyl groups is 1. The molecule has 0 radical (unpaired) electrons. The summed E-state index contributed by atoms with van der Waals surface area (Å²) in [7, 11) is -3.10. The van der Waals surface area contributed by atoms with Crippen molar-refractivity contribution in [2.45, 2.75) is 24.3 Å². The highest BCUT2D eigenvalue weighted by Gasteiger charge is 2.29. The van der Waals surface area contributed by atoms with Crippen LogP contribution in [0.2, 0.25) is 0 Å². The summed E-state index contributed by atoms with van der Waals surface area (Å²) >= 11 is 0. The van der Waals surface area contributed by atoms with Crippen LogP contribution in [0.3, 0.4) is 0 Å². The van der Waals surface area contributed by atoms with Crippen molar-refractivity contribution in [3.05, 3.63) is 29.6 Å². The lowest BCUT2D eigenvalue weighted by Gasteiger charge is -2.23. The SMILES string of the molecule is COC(=O)c1ccc(F)cc1S(=O)(=O)NC(C)(C)CO. The fourth-order valence-electron chi connectivity index (χ4n) is 1.45. The minimum Gasteiger partial charge on any atom is -0.465 e. The number of aliphatic hydroxyl groups excluding tert-OH is 1. The van der Waals surface area contributed by atoms with E-state index >= 15 is 0 Å². The lowest BCUT2D eigenvalue weighted by molar-refractivity contribution is 0.0596. The Morgan fingerprint density at radius 1 is 1.45 bits per heavy atom. The average Bonchev–Trinajstić information content (AvgIpc) is 2.36. The van der Waals surface area contributed by atoms with Crippen molar-refractivity contribution < 1.29 is 27.4 Å². The van der Waals surface area contributed by atoms with Gasteiger partial charge in [-0.1, -0.05) is 0 Å². The number of hydrogen-bond acceptors (Lipinski definition) is 5. The van der Waals surface area contributed by atoms with Gasteiger partial charge in [0.15, 0.2) is 0 Å². The Labute approximate surface area is 116 Å². The fourth-order valence-corrected chi connectivity index (χ4v) is 3.06. The van der Waals surface area contributed by atoms with E-state index in [1.165, 1.54) is 13.8 Å². The molecule has 0 bridgehead atoms. The molecule has 0 amide bonds. The molecule has 0 atom stereocenters. The van der Waals surface area contributed by atoms with Crippen LogP contribution in [0.5, 0.6) is 0 Å². The first-order chi connectivity index (χ1) is 9.13. The zero-order valence-electron chi connectivity index (χ0n) is 11.3. The van der Waals surface area contributed by atoms with Crippen molar-refractivity contribution >= 4 is 16.0 Å².